The molecule has 2 amide bonds. The molecule has 0 fully saturated rings. The summed E-state index contributed by atoms with van der Waals surface area (Å²) >= 11 is 0. The van der Waals surface area contributed by atoms with Crippen LogP contribution in [0.25, 0.3) is 0 Å². The Balaban J connectivity index is 4.66. The summed E-state index contributed by atoms with van der Waals surface area (Å²) < 4.78 is 0. The summed E-state index contributed by atoms with van der Waals surface area (Å²) in [5.41, 5.74) is 15.7. The summed E-state index contributed by atoms with van der Waals surface area (Å²) in [4.78, 5) is 46.1. The lowest BCUT2D eigenvalue weighted by Gasteiger charge is -2.23. The van der Waals surface area contributed by atoms with Gasteiger partial charge in [0.05, 0.1) is 25.9 Å². The number of amides is 2. The SMILES string of the molecule is NC(N)NCCC[C@@H](C=O)NN[C@@H](CO)C(=O)NC(CO)C(=O)NC(CO)C(=O)O. The number of carbonyl (C=O) groups excluding carboxylic acids is 3. The number of carbonyl (C=O) groups is 4. The Morgan fingerprint density at radius 1 is 0.867 bits per heavy atom. The van der Waals surface area contributed by atoms with Crippen molar-refractivity contribution in [2.24, 2.45) is 11.5 Å². The van der Waals surface area contributed by atoms with Crippen molar-refractivity contribution in [1.82, 2.24) is 26.8 Å². The van der Waals surface area contributed by atoms with Gasteiger partial charge in [0.2, 0.25) is 11.8 Å². The van der Waals surface area contributed by atoms with Gasteiger partial charge in [-0.15, -0.1) is 0 Å². The van der Waals surface area contributed by atoms with Crippen LogP contribution < -0.4 is 38.3 Å². The van der Waals surface area contributed by atoms with E-state index >= 15 is 0 Å². The molecule has 0 aromatic carbocycles. The molecule has 30 heavy (non-hydrogen) atoms. The maximum absolute atomic E-state index is 12.2. The van der Waals surface area contributed by atoms with Gasteiger partial charge >= 0.3 is 5.97 Å². The number of aliphatic hydroxyl groups is 3. The van der Waals surface area contributed by atoms with Crippen molar-refractivity contribution in [1.29, 1.82) is 0 Å². The third-order valence-electron chi connectivity index (χ3n) is 3.79. The first-order valence-electron chi connectivity index (χ1n) is 9.07. The Morgan fingerprint density at radius 2 is 1.40 bits per heavy atom. The van der Waals surface area contributed by atoms with E-state index in [0.29, 0.717) is 25.7 Å². The van der Waals surface area contributed by atoms with Crippen molar-refractivity contribution in [3.8, 4) is 0 Å². The molecule has 4 atom stereocenters. The molecule has 2 unspecified atom stereocenters. The standard InChI is InChI=1S/C15H31N7O8/c16-15(17)18-3-1-2-8(4-23)21-22-10(6-25)13(28)19-9(5-24)12(27)20-11(7-26)14(29)30/h4,8-11,15,18,21-22,24-26H,1-3,5-7,16-17H2,(H,19,28)(H,20,27)(H,29,30)/t8-,9?,10-,11?/m0/s1. The van der Waals surface area contributed by atoms with E-state index < -0.39 is 68.1 Å². The fraction of sp³-hybridized carbons (Fsp3) is 0.733. The topological polar surface area (TPSA) is 261 Å². The third-order valence-corrected chi connectivity index (χ3v) is 3.79. The minimum atomic E-state index is -1.62. The Labute approximate surface area is 172 Å². The number of hydrogen-bond acceptors (Lipinski definition) is 12. The maximum atomic E-state index is 12.2. The van der Waals surface area contributed by atoms with Gasteiger partial charge in [-0.1, -0.05) is 0 Å². The fourth-order valence-corrected chi connectivity index (χ4v) is 2.09. The number of aliphatic carboxylic acids is 1. The lowest BCUT2D eigenvalue weighted by atomic mass is 10.2. The molecular formula is C15H31N7O8. The molecule has 0 aliphatic rings. The molecule has 0 heterocycles. The zero-order valence-electron chi connectivity index (χ0n) is 16.3. The fourth-order valence-electron chi connectivity index (χ4n) is 2.09. The van der Waals surface area contributed by atoms with E-state index in [-0.39, 0.29) is 0 Å². The summed E-state index contributed by atoms with van der Waals surface area (Å²) in [7, 11) is 0. The molecule has 174 valence electrons. The number of aldehydes is 1. The lowest BCUT2D eigenvalue weighted by Crippen LogP contribution is -2.60. The van der Waals surface area contributed by atoms with E-state index in [4.69, 9.17) is 21.7 Å². The molecule has 0 saturated heterocycles. The van der Waals surface area contributed by atoms with Gasteiger partial charge in [-0.3, -0.25) is 14.9 Å². The second kappa shape index (κ2) is 15.6. The minimum Gasteiger partial charge on any atom is -0.480 e. The van der Waals surface area contributed by atoms with E-state index in [1.807, 2.05) is 5.32 Å². The number of nitrogens with one attached hydrogen (secondary N) is 5. The lowest BCUT2D eigenvalue weighted by molar-refractivity contribution is -0.143. The van der Waals surface area contributed by atoms with Gasteiger partial charge in [-0.2, -0.15) is 0 Å². The van der Waals surface area contributed by atoms with Crippen molar-refractivity contribution in [3.05, 3.63) is 0 Å². The smallest absolute Gasteiger partial charge is 0.328 e. The monoisotopic (exact) mass is 437 g/mol. The first-order chi connectivity index (χ1) is 14.2. The molecule has 0 radical (unpaired) electrons. The van der Waals surface area contributed by atoms with Crippen LogP contribution in [0.4, 0.5) is 0 Å². The third kappa shape index (κ3) is 11.1. The van der Waals surface area contributed by atoms with E-state index in [1.54, 1.807) is 0 Å². The van der Waals surface area contributed by atoms with Crippen LogP contribution in [-0.2, 0) is 19.2 Å². The Bertz CT molecular complexity index is 551. The van der Waals surface area contributed by atoms with Crippen LogP contribution in [0.2, 0.25) is 0 Å². The quantitative estimate of drug-likeness (QED) is 0.0438. The van der Waals surface area contributed by atoms with Gasteiger partial charge in [-0.05, 0) is 19.4 Å². The summed E-state index contributed by atoms with van der Waals surface area (Å²) in [6.45, 7) is -2.03. The van der Waals surface area contributed by atoms with Crippen LogP contribution >= 0.6 is 0 Å². The molecule has 0 saturated carbocycles. The van der Waals surface area contributed by atoms with Gasteiger partial charge in [0, 0.05) is 0 Å². The van der Waals surface area contributed by atoms with Crippen molar-refractivity contribution in [2.45, 2.75) is 43.3 Å². The molecular weight excluding hydrogens is 406 g/mol. The highest BCUT2D eigenvalue weighted by atomic mass is 16.4. The molecule has 0 aliphatic heterocycles. The van der Waals surface area contributed by atoms with Crippen molar-refractivity contribution >= 4 is 24.1 Å². The predicted molar refractivity (Wildman–Crippen MR) is 102 cm³/mol. The van der Waals surface area contributed by atoms with Crippen LogP contribution in [0.3, 0.4) is 0 Å². The van der Waals surface area contributed by atoms with Crippen LogP contribution in [-0.4, -0.2) is 101 Å². The normalized spacial score (nSPS) is 15.1. The number of carboxylic acid groups (broad SMARTS) is 1. The second-order valence-electron chi connectivity index (χ2n) is 6.21. The molecule has 0 aromatic rings. The average Bonchev–Trinajstić information content (AvgIpc) is 2.71. The van der Waals surface area contributed by atoms with Crippen LogP contribution in [0.1, 0.15) is 12.8 Å². The highest BCUT2D eigenvalue weighted by molar-refractivity contribution is 5.92. The van der Waals surface area contributed by atoms with E-state index in [0.717, 1.165) is 0 Å². The number of nitrogens with two attached hydrogens (primary N) is 2. The van der Waals surface area contributed by atoms with Crippen molar-refractivity contribution in [3.63, 3.8) is 0 Å². The predicted octanol–water partition coefficient (Wildman–Crippen LogP) is -6.38. The van der Waals surface area contributed by atoms with Gasteiger partial charge in [0.15, 0.2) is 0 Å². The van der Waals surface area contributed by atoms with Gasteiger partial charge in [-0.25, -0.2) is 15.6 Å². The molecule has 0 aliphatic carbocycles. The number of hydrazine groups is 1. The molecule has 0 rings (SSSR count). The Morgan fingerprint density at radius 3 is 1.87 bits per heavy atom. The molecule has 15 heteroatoms. The number of rotatable bonds is 17. The number of carboxylic acids is 1. The first-order valence-corrected chi connectivity index (χ1v) is 9.07. The summed E-state index contributed by atoms with van der Waals surface area (Å²) in [6, 6.07) is -5.15. The average molecular weight is 437 g/mol. The van der Waals surface area contributed by atoms with Crippen molar-refractivity contribution in [2.75, 3.05) is 26.4 Å². The number of aliphatic hydroxyl groups excluding tert-OH is 3. The molecule has 15 nitrogen and oxygen atoms in total. The molecule has 0 bridgehead atoms. The maximum Gasteiger partial charge on any atom is 0.328 e. The number of hydrogen-bond donors (Lipinski definition) is 11. The van der Waals surface area contributed by atoms with Crippen LogP contribution in [0, 0.1) is 0 Å². The summed E-state index contributed by atoms with van der Waals surface area (Å²) in [5, 5.41) is 43.2. The van der Waals surface area contributed by atoms with Gasteiger partial charge < -0.3 is 47.3 Å². The Hall–Kier alpha value is -2.24. The Kier molecular flexibility index (Phi) is 14.4. The van der Waals surface area contributed by atoms with Gasteiger partial charge in [0.1, 0.15) is 30.7 Å². The zero-order valence-corrected chi connectivity index (χ0v) is 16.3. The highest BCUT2D eigenvalue weighted by Gasteiger charge is 2.28. The molecule has 0 spiro atoms. The highest BCUT2D eigenvalue weighted by Crippen LogP contribution is 1.95. The summed E-state index contributed by atoms with van der Waals surface area (Å²) in [5.74, 6) is -3.46. The largest absolute Gasteiger partial charge is 0.480 e. The summed E-state index contributed by atoms with van der Waals surface area (Å²) in [6.07, 6.45) is 0.789. The van der Waals surface area contributed by atoms with Crippen LogP contribution in [0.15, 0.2) is 0 Å². The van der Waals surface area contributed by atoms with Crippen molar-refractivity contribution < 1.29 is 39.6 Å². The molecule has 0 aromatic heterocycles. The van der Waals surface area contributed by atoms with E-state index in [1.165, 1.54) is 0 Å². The van der Waals surface area contributed by atoms with E-state index in [2.05, 4.69) is 21.5 Å². The van der Waals surface area contributed by atoms with Crippen LogP contribution in [0.5, 0.6) is 0 Å². The first kappa shape index (κ1) is 27.8. The van der Waals surface area contributed by atoms with Gasteiger partial charge in [0.25, 0.3) is 0 Å². The second-order valence-corrected chi connectivity index (χ2v) is 6.21. The zero-order chi connectivity index (χ0) is 23.1. The van der Waals surface area contributed by atoms with E-state index in [9.17, 15) is 29.4 Å². The minimum absolute atomic E-state index is 0.357. The molecule has 13 N–H and O–H groups in total.